The van der Waals surface area contributed by atoms with Gasteiger partial charge in [-0.05, 0) is 12.1 Å². The van der Waals surface area contributed by atoms with Crippen LogP contribution < -0.4 is 24.8 Å². The molecule has 2 N–H and O–H groups in total. The zero-order chi connectivity index (χ0) is 16.7. The van der Waals surface area contributed by atoms with Crippen molar-refractivity contribution in [1.82, 2.24) is 10.3 Å². The first-order chi connectivity index (χ1) is 11.2. The van der Waals surface area contributed by atoms with Gasteiger partial charge in [-0.1, -0.05) is 6.07 Å². The van der Waals surface area contributed by atoms with Crippen molar-refractivity contribution in [3.63, 3.8) is 0 Å². The second-order valence-corrected chi connectivity index (χ2v) is 4.54. The molecule has 1 aromatic heterocycles. The van der Waals surface area contributed by atoms with Crippen LogP contribution in [-0.2, 0) is 6.54 Å². The second-order valence-electron chi connectivity index (χ2n) is 4.54. The molecule has 0 radical (unpaired) electrons. The number of carbonyl (C=O) groups is 1. The smallest absolute Gasteiger partial charge is 0.319 e. The molecular formula is C16H19N3O4. The van der Waals surface area contributed by atoms with Crippen LogP contribution in [0.5, 0.6) is 17.2 Å². The van der Waals surface area contributed by atoms with Gasteiger partial charge in [-0.15, -0.1) is 0 Å². The van der Waals surface area contributed by atoms with Gasteiger partial charge in [0.15, 0.2) is 11.5 Å². The maximum Gasteiger partial charge on any atom is 0.319 e. The van der Waals surface area contributed by atoms with Crippen LogP contribution in [0.1, 0.15) is 5.69 Å². The number of nitrogens with zero attached hydrogens (tertiary/aromatic N) is 1. The first-order valence-corrected chi connectivity index (χ1v) is 6.92. The molecule has 0 aliphatic rings. The lowest BCUT2D eigenvalue weighted by Crippen LogP contribution is -2.28. The van der Waals surface area contributed by atoms with Crippen molar-refractivity contribution < 1.29 is 19.0 Å². The Morgan fingerprint density at radius 2 is 1.78 bits per heavy atom. The number of aromatic nitrogens is 1. The van der Waals surface area contributed by atoms with Crippen molar-refractivity contribution in [3.8, 4) is 17.2 Å². The molecule has 2 amide bonds. The molecule has 0 saturated carbocycles. The quantitative estimate of drug-likeness (QED) is 0.855. The molecule has 1 aromatic carbocycles. The normalized spacial score (nSPS) is 9.87. The molecule has 0 spiro atoms. The molecule has 2 rings (SSSR count). The number of pyridine rings is 1. The number of amides is 2. The van der Waals surface area contributed by atoms with E-state index in [2.05, 4.69) is 15.6 Å². The molecule has 1 heterocycles. The molecule has 2 aromatic rings. The average molecular weight is 317 g/mol. The molecular weight excluding hydrogens is 298 g/mol. The van der Waals surface area contributed by atoms with Gasteiger partial charge in [0.1, 0.15) is 0 Å². The monoisotopic (exact) mass is 317 g/mol. The summed E-state index contributed by atoms with van der Waals surface area (Å²) in [5.74, 6) is 1.40. The summed E-state index contributed by atoms with van der Waals surface area (Å²) >= 11 is 0. The van der Waals surface area contributed by atoms with Gasteiger partial charge in [-0.3, -0.25) is 4.98 Å². The summed E-state index contributed by atoms with van der Waals surface area (Å²) in [6, 6.07) is 8.47. The Hall–Kier alpha value is -2.96. The Kier molecular flexibility index (Phi) is 5.62. The van der Waals surface area contributed by atoms with Crippen molar-refractivity contribution in [2.75, 3.05) is 26.6 Å². The molecule has 0 aliphatic heterocycles. The average Bonchev–Trinajstić information content (AvgIpc) is 2.59. The number of benzene rings is 1. The Balaban J connectivity index is 2.05. The fourth-order valence-corrected chi connectivity index (χ4v) is 2.00. The van der Waals surface area contributed by atoms with Crippen LogP contribution in [0.25, 0.3) is 0 Å². The molecule has 23 heavy (non-hydrogen) atoms. The van der Waals surface area contributed by atoms with E-state index >= 15 is 0 Å². The Labute approximate surface area is 134 Å². The number of urea groups is 1. The highest BCUT2D eigenvalue weighted by molar-refractivity contribution is 5.90. The van der Waals surface area contributed by atoms with Crippen LogP contribution in [0.2, 0.25) is 0 Å². The molecule has 0 bridgehead atoms. The lowest BCUT2D eigenvalue weighted by Gasteiger charge is -2.14. The minimum absolute atomic E-state index is 0.330. The zero-order valence-electron chi connectivity index (χ0n) is 13.3. The molecule has 0 aliphatic carbocycles. The van der Waals surface area contributed by atoms with Gasteiger partial charge in [-0.2, -0.15) is 0 Å². The third kappa shape index (κ3) is 4.26. The third-order valence-corrected chi connectivity index (χ3v) is 3.08. The molecule has 0 fully saturated rings. The summed E-state index contributed by atoms with van der Waals surface area (Å²) in [6.07, 6.45) is 1.67. The molecule has 7 heteroatoms. The molecule has 7 nitrogen and oxygen atoms in total. The standard InChI is InChI=1S/C16H19N3O4/c1-21-13-8-12(9-14(22-2)15(13)23-3)19-16(20)18-10-11-6-4-5-7-17-11/h4-9H,10H2,1-3H3,(H2,18,19,20). The summed E-state index contributed by atoms with van der Waals surface area (Å²) in [5, 5.41) is 5.45. The number of hydrogen-bond acceptors (Lipinski definition) is 5. The fraction of sp³-hybridized carbons (Fsp3) is 0.250. The highest BCUT2D eigenvalue weighted by atomic mass is 16.5. The lowest BCUT2D eigenvalue weighted by atomic mass is 10.2. The van der Waals surface area contributed by atoms with Crippen LogP contribution in [0.4, 0.5) is 10.5 Å². The van der Waals surface area contributed by atoms with Crippen LogP contribution in [0.15, 0.2) is 36.5 Å². The van der Waals surface area contributed by atoms with Gasteiger partial charge in [0.05, 0.1) is 39.3 Å². The minimum atomic E-state index is -0.357. The lowest BCUT2D eigenvalue weighted by molar-refractivity contribution is 0.251. The van der Waals surface area contributed by atoms with E-state index < -0.39 is 0 Å². The highest BCUT2D eigenvalue weighted by Crippen LogP contribution is 2.39. The number of hydrogen-bond donors (Lipinski definition) is 2. The van der Waals surface area contributed by atoms with E-state index in [9.17, 15) is 4.79 Å². The van der Waals surface area contributed by atoms with Gasteiger partial charge in [0, 0.05) is 18.3 Å². The molecule has 0 unspecified atom stereocenters. The summed E-state index contributed by atoms with van der Waals surface area (Å²) in [4.78, 5) is 16.1. The SMILES string of the molecule is COc1cc(NC(=O)NCc2ccccn2)cc(OC)c1OC. The maximum atomic E-state index is 12.0. The van der Waals surface area contributed by atoms with Crippen molar-refractivity contribution in [2.24, 2.45) is 0 Å². The van der Waals surface area contributed by atoms with Gasteiger partial charge in [-0.25, -0.2) is 4.79 Å². The van der Waals surface area contributed by atoms with E-state index in [4.69, 9.17) is 14.2 Å². The molecule has 0 atom stereocenters. The number of rotatable bonds is 6. The van der Waals surface area contributed by atoms with Crippen molar-refractivity contribution >= 4 is 11.7 Å². The Bertz CT molecular complexity index is 637. The fourth-order valence-electron chi connectivity index (χ4n) is 2.00. The maximum absolute atomic E-state index is 12.0. The van der Waals surface area contributed by atoms with Gasteiger partial charge in [0.25, 0.3) is 0 Å². The van der Waals surface area contributed by atoms with Crippen LogP contribution in [-0.4, -0.2) is 32.3 Å². The van der Waals surface area contributed by atoms with Crippen molar-refractivity contribution in [2.45, 2.75) is 6.54 Å². The van der Waals surface area contributed by atoms with E-state index in [1.165, 1.54) is 21.3 Å². The van der Waals surface area contributed by atoms with Crippen LogP contribution >= 0.6 is 0 Å². The van der Waals surface area contributed by atoms with Crippen LogP contribution in [0, 0.1) is 0 Å². The van der Waals surface area contributed by atoms with E-state index in [0.717, 1.165) is 5.69 Å². The van der Waals surface area contributed by atoms with Crippen LogP contribution in [0.3, 0.4) is 0 Å². The van der Waals surface area contributed by atoms with Crippen molar-refractivity contribution in [1.29, 1.82) is 0 Å². The van der Waals surface area contributed by atoms with Crippen molar-refractivity contribution in [3.05, 3.63) is 42.2 Å². The summed E-state index contributed by atoms with van der Waals surface area (Å²) in [7, 11) is 4.55. The molecule has 122 valence electrons. The second kappa shape index (κ2) is 7.88. The topological polar surface area (TPSA) is 81.7 Å². The largest absolute Gasteiger partial charge is 0.493 e. The first kappa shape index (κ1) is 16.4. The van der Waals surface area contributed by atoms with E-state index in [1.807, 2.05) is 18.2 Å². The van der Waals surface area contributed by atoms with Gasteiger partial charge >= 0.3 is 6.03 Å². The van der Waals surface area contributed by atoms with Gasteiger partial charge < -0.3 is 24.8 Å². The summed E-state index contributed by atoms with van der Waals surface area (Å²) in [6.45, 7) is 0.330. The number of carbonyl (C=O) groups excluding carboxylic acids is 1. The summed E-state index contributed by atoms with van der Waals surface area (Å²) in [5.41, 5.74) is 1.30. The number of methoxy groups -OCH3 is 3. The first-order valence-electron chi connectivity index (χ1n) is 6.92. The Morgan fingerprint density at radius 1 is 1.09 bits per heavy atom. The minimum Gasteiger partial charge on any atom is -0.493 e. The highest BCUT2D eigenvalue weighted by Gasteiger charge is 2.14. The number of ether oxygens (including phenoxy) is 3. The predicted octanol–water partition coefficient (Wildman–Crippen LogP) is 2.43. The number of anilines is 1. The zero-order valence-corrected chi connectivity index (χ0v) is 13.3. The van der Waals surface area contributed by atoms with Gasteiger partial charge in [0.2, 0.25) is 5.75 Å². The van der Waals surface area contributed by atoms with E-state index in [0.29, 0.717) is 29.5 Å². The van der Waals surface area contributed by atoms with E-state index in [1.54, 1.807) is 18.3 Å². The number of nitrogens with one attached hydrogen (secondary N) is 2. The third-order valence-electron chi connectivity index (χ3n) is 3.08. The Morgan fingerprint density at radius 3 is 2.30 bits per heavy atom. The van der Waals surface area contributed by atoms with E-state index in [-0.39, 0.29) is 6.03 Å². The molecule has 0 saturated heterocycles. The predicted molar refractivity (Wildman–Crippen MR) is 86.2 cm³/mol. The summed E-state index contributed by atoms with van der Waals surface area (Å²) < 4.78 is 15.7.